The Hall–Kier alpha value is -3.06. The van der Waals surface area contributed by atoms with E-state index in [2.05, 4.69) is 35.9 Å². The molecule has 3 rings (SSSR count). The maximum atomic E-state index is 12.2. The van der Waals surface area contributed by atoms with Gasteiger partial charge in [0.15, 0.2) is 0 Å². The number of aryl methyl sites for hydroxylation is 1. The lowest BCUT2D eigenvalue weighted by molar-refractivity contribution is 0.0984. The van der Waals surface area contributed by atoms with E-state index in [0.29, 0.717) is 19.7 Å². The zero-order valence-corrected chi connectivity index (χ0v) is 17.3. The van der Waals surface area contributed by atoms with Gasteiger partial charge in [0, 0.05) is 24.4 Å². The summed E-state index contributed by atoms with van der Waals surface area (Å²) in [4.78, 5) is 18.5. The van der Waals surface area contributed by atoms with E-state index < -0.39 is 0 Å². The zero-order valence-electron chi connectivity index (χ0n) is 17.3. The van der Waals surface area contributed by atoms with Crippen LogP contribution in [0.25, 0.3) is 5.57 Å². The maximum Gasteiger partial charge on any atom is 0.409 e. The third kappa shape index (κ3) is 5.96. The number of benzene rings is 1. The number of unbranched alkanes of at least 4 members (excludes halogenated alkanes) is 1. The van der Waals surface area contributed by atoms with Crippen molar-refractivity contribution in [3.05, 3.63) is 71.1 Å². The molecule has 4 heteroatoms. The number of ether oxygens (including phenoxy) is 1. The van der Waals surface area contributed by atoms with Gasteiger partial charge in [0.25, 0.3) is 0 Å². The number of carbonyl (C=O) groups excluding carboxylic acids is 1. The topological polar surface area (TPSA) is 42.4 Å². The fourth-order valence-corrected chi connectivity index (χ4v) is 3.31. The van der Waals surface area contributed by atoms with E-state index in [1.807, 2.05) is 43.3 Å². The van der Waals surface area contributed by atoms with Gasteiger partial charge >= 0.3 is 6.09 Å². The third-order valence-electron chi connectivity index (χ3n) is 4.97. The van der Waals surface area contributed by atoms with Gasteiger partial charge in [-0.2, -0.15) is 0 Å². The minimum atomic E-state index is -0.200. The van der Waals surface area contributed by atoms with Gasteiger partial charge in [-0.3, -0.25) is 0 Å². The first-order valence-corrected chi connectivity index (χ1v) is 10.3. The molecule has 1 aromatic carbocycles. The van der Waals surface area contributed by atoms with Crippen molar-refractivity contribution in [1.82, 2.24) is 9.88 Å². The van der Waals surface area contributed by atoms with E-state index in [9.17, 15) is 4.79 Å². The maximum absolute atomic E-state index is 12.2. The molecular formula is C25H28N2O2. The highest BCUT2D eigenvalue weighted by Gasteiger charge is 2.22. The first kappa shape index (κ1) is 20.7. The molecule has 1 fully saturated rings. The van der Waals surface area contributed by atoms with Crippen LogP contribution in [-0.4, -0.2) is 35.7 Å². The number of aromatic nitrogens is 1. The zero-order chi connectivity index (χ0) is 20.5. The van der Waals surface area contributed by atoms with Crippen LogP contribution in [0.3, 0.4) is 0 Å². The lowest BCUT2D eigenvalue weighted by Gasteiger charge is -2.28. The number of hydrogen-bond donors (Lipinski definition) is 0. The van der Waals surface area contributed by atoms with Crippen molar-refractivity contribution < 1.29 is 9.53 Å². The van der Waals surface area contributed by atoms with Crippen LogP contribution in [0.5, 0.6) is 0 Å². The van der Waals surface area contributed by atoms with Crippen LogP contribution < -0.4 is 0 Å². The lowest BCUT2D eigenvalue weighted by Crippen LogP contribution is -2.37. The van der Waals surface area contributed by atoms with Crippen molar-refractivity contribution in [3.63, 3.8) is 0 Å². The molecule has 0 aliphatic carbocycles. The summed E-state index contributed by atoms with van der Waals surface area (Å²) in [7, 11) is 0. The Labute approximate surface area is 173 Å². The first-order chi connectivity index (χ1) is 14.2. The molecule has 0 N–H and O–H groups in total. The summed E-state index contributed by atoms with van der Waals surface area (Å²) in [6.07, 6.45) is 3.35. The van der Waals surface area contributed by atoms with Gasteiger partial charge in [0.2, 0.25) is 0 Å². The molecule has 150 valence electrons. The van der Waals surface area contributed by atoms with Crippen LogP contribution in [0.2, 0.25) is 0 Å². The number of rotatable bonds is 4. The minimum absolute atomic E-state index is 0.200. The summed E-state index contributed by atoms with van der Waals surface area (Å²) in [6, 6.07) is 16.1. The molecule has 0 radical (unpaired) electrons. The Kier molecular flexibility index (Phi) is 7.47. The number of allylic oxidation sites excluding steroid dienone is 1. The predicted molar refractivity (Wildman–Crippen MR) is 116 cm³/mol. The summed E-state index contributed by atoms with van der Waals surface area (Å²) in [5, 5.41) is 0. The van der Waals surface area contributed by atoms with E-state index in [0.717, 1.165) is 48.2 Å². The summed E-state index contributed by atoms with van der Waals surface area (Å²) in [5.74, 6) is 6.59. The van der Waals surface area contributed by atoms with Gasteiger partial charge in [-0.05, 0) is 49.8 Å². The molecule has 1 saturated heterocycles. The average Bonchev–Trinajstić information content (AvgIpc) is 2.75. The molecule has 1 aliphatic heterocycles. The summed E-state index contributed by atoms with van der Waals surface area (Å²) in [6.45, 7) is 5.89. The van der Waals surface area contributed by atoms with Crippen LogP contribution in [0.4, 0.5) is 4.79 Å². The van der Waals surface area contributed by atoms with E-state index >= 15 is 0 Å². The Bertz CT molecular complexity index is 913. The number of pyridine rings is 1. The van der Waals surface area contributed by atoms with Crippen LogP contribution in [-0.2, 0) is 4.74 Å². The Balaban J connectivity index is 1.79. The summed E-state index contributed by atoms with van der Waals surface area (Å²) in [5.41, 5.74) is 5.18. The molecule has 1 amide bonds. The van der Waals surface area contributed by atoms with Crippen LogP contribution in [0, 0.1) is 18.8 Å². The van der Waals surface area contributed by atoms with Crippen LogP contribution >= 0.6 is 0 Å². The second kappa shape index (κ2) is 10.5. The fourth-order valence-electron chi connectivity index (χ4n) is 3.31. The number of nitrogens with zero attached hydrogens (tertiary/aromatic N) is 2. The number of carbonyl (C=O) groups is 1. The van der Waals surface area contributed by atoms with Gasteiger partial charge in [-0.1, -0.05) is 61.2 Å². The molecule has 0 unspecified atom stereocenters. The van der Waals surface area contributed by atoms with Gasteiger partial charge in [0.05, 0.1) is 6.61 Å². The SMILES string of the molecule is CCCCOC(=O)N1CCC(=C(C#Cc2cccc(C)n2)c2ccccc2)CC1. The molecule has 1 aliphatic rings. The highest BCUT2D eigenvalue weighted by atomic mass is 16.6. The fraction of sp³-hybridized carbons (Fsp3) is 0.360. The highest BCUT2D eigenvalue weighted by molar-refractivity contribution is 5.82. The number of piperidine rings is 1. The molecule has 0 saturated carbocycles. The monoisotopic (exact) mass is 388 g/mol. The van der Waals surface area contributed by atoms with Crippen molar-refractivity contribution in [2.24, 2.45) is 0 Å². The Morgan fingerprint density at radius 2 is 1.86 bits per heavy atom. The van der Waals surface area contributed by atoms with Crippen molar-refractivity contribution in [2.75, 3.05) is 19.7 Å². The molecule has 2 heterocycles. The smallest absolute Gasteiger partial charge is 0.409 e. The van der Waals surface area contributed by atoms with E-state index in [1.165, 1.54) is 5.57 Å². The van der Waals surface area contributed by atoms with Gasteiger partial charge in [-0.25, -0.2) is 9.78 Å². The highest BCUT2D eigenvalue weighted by Crippen LogP contribution is 2.27. The molecular weight excluding hydrogens is 360 g/mol. The first-order valence-electron chi connectivity index (χ1n) is 10.3. The summed E-state index contributed by atoms with van der Waals surface area (Å²) >= 11 is 0. The second-order valence-electron chi connectivity index (χ2n) is 7.21. The van der Waals surface area contributed by atoms with Crippen molar-refractivity contribution in [1.29, 1.82) is 0 Å². The van der Waals surface area contributed by atoms with Crippen LogP contribution in [0.15, 0.2) is 54.1 Å². The van der Waals surface area contributed by atoms with Crippen molar-refractivity contribution in [3.8, 4) is 11.8 Å². The van der Waals surface area contributed by atoms with Gasteiger partial charge in [0.1, 0.15) is 5.69 Å². The molecule has 0 spiro atoms. The lowest BCUT2D eigenvalue weighted by atomic mass is 9.93. The largest absolute Gasteiger partial charge is 0.449 e. The standard InChI is InChI=1S/C25H28N2O2/c1-3-4-19-29-25(28)27-17-15-22(16-18-27)24(21-10-6-5-7-11-21)14-13-23-12-8-9-20(2)26-23/h5-12H,3-4,15-19H2,1-2H3. The number of amides is 1. The number of likely N-dealkylation sites (tertiary alicyclic amines) is 1. The Morgan fingerprint density at radius 1 is 1.10 bits per heavy atom. The second-order valence-corrected chi connectivity index (χ2v) is 7.21. The molecule has 4 nitrogen and oxygen atoms in total. The van der Waals surface area contributed by atoms with E-state index in [1.54, 1.807) is 4.90 Å². The normalized spacial score (nSPS) is 13.4. The van der Waals surface area contributed by atoms with E-state index in [4.69, 9.17) is 4.74 Å². The predicted octanol–water partition coefficient (Wildman–Crippen LogP) is 5.23. The quantitative estimate of drug-likeness (QED) is 0.532. The molecule has 0 bridgehead atoms. The average molecular weight is 389 g/mol. The van der Waals surface area contributed by atoms with Gasteiger partial charge < -0.3 is 9.64 Å². The van der Waals surface area contributed by atoms with Crippen LogP contribution in [0.1, 0.15) is 49.6 Å². The van der Waals surface area contributed by atoms with E-state index in [-0.39, 0.29) is 6.09 Å². The van der Waals surface area contributed by atoms with Gasteiger partial charge in [-0.15, -0.1) is 0 Å². The molecule has 0 atom stereocenters. The molecule has 2 aromatic rings. The summed E-state index contributed by atoms with van der Waals surface area (Å²) < 4.78 is 5.35. The molecule has 29 heavy (non-hydrogen) atoms. The van der Waals surface area contributed by atoms with Crippen molar-refractivity contribution >= 4 is 11.7 Å². The Morgan fingerprint density at radius 3 is 2.55 bits per heavy atom. The number of hydrogen-bond acceptors (Lipinski definition) is 3. The minimum Gasteiger partial charge on any atom is -0.449 e. The van der Waals surface area contributed by atoms with Crippen molar-refractivity contribution in [2.45, 2.75) is 39.5 Å². The molecule has 1 aromatic heterocycles. The third-order valence-corrected chi connectivity index (χ3v) is 4.97.